The number of nitrogens with zero attached hydrogens (tertiary/aromatic N) is 2. The van der Waals surface area contributed by atoms with Gasteiger partial charge in [0.15, 0.2) is 0 Å². The van der Waals surface area contributed by atoms with Crippen LogP contribution in [0, 0.1) is 5.92 Å². The van der Waals surface area contributed by atoms with E-state index in [2.05, 4.69) is 4.98 Å². The molecule has 0 N–H and O–H groups in total. The van der Waals surface area contributed by atoms with Crippen molar-refractivity contribution < 1.29 is 4.79 Å². The van der Waals surface area contributed by atoms with Crippen molar-refractivity contribution in [2.24, 2.45) is 5.92 Å². The number of likely N-dealkylation sites (tertiary alicyclic amines) is 1. The largest absolute Gasteiger partial charge is 0.342 e. The maximum Gasteiger partial charge on any atom is 0.225 e. The highest BCUT2D eigenvalue weighted by Crippen LogP contribution is 2.18. The van der Waals surface area contributed by atoms with E-state index in [1.165, 1.54) is 0 Å². The fourth-order valence-corrected chi connectivity index (χ4v) is 3.13. The van der Waals surface area contributed by atoms with Gasteiger partial charge in [-0.3, -0.25) is 4.79 Å². The minimum atomic E-state index is 0.193. The number of alkyl halides is 1. The van der Waals surface area contributed by atoms with Gasteiger partial charge in [0.2, 0.25) is 5.91 Å². The highest BCUT2D eigenvalue weighted by Gasteiger charge is 2.24. The monoisotopic (exact) mass is 272 g/mol. The second kappa shape index (κ2) is 5.83. The van der Waals surface area contributed by atoms with E-state index in [0.29, 0.717) is 11.8 Å². The van der Waals surface area contributed by atoms with Crippen LogP contribution in [-0.4, -0.2) is 28.9 Å². The Labute approximate surface area is 111 Å². The third-order valence-corrected chi connectivity index (χ3v) is 4.36. The normalized spacial score (nSPS) is 20.9. The summed E-state index contributed by atoms with van der Waals surface area (Å²) in [6.45, 7) is 3.71. The predicted octanol–water partition coefficient (Wildman–Crippen LogP) is 2.68. The summed E-state index contributed by atoms with van der Waals surface area (Å²) in [5.41, 5.74) is 0.935. The van der Waals surface area contributed by atoms with E-state index in [-0.39, 0.29) is 5.92 Å². The van der Waals surface area contributed by atoms with Gasteiger partial charge in [-0.1, -0.05) is 6.92 Å². The average Bonchev–Trinajstić information content (AvgIpc) is 2.79. The Morgan fingerprint density at radius 3 is 3.18 bits per heavy atom. The molecular weight excluding hydrogens is 256 g/mol. The summed E-state index contributed by atoms with van der Waals surface area (Å²) in [6, 6.07) is 0. The SMILES string of the molecule is CC1CCCN(CCc2nc(CCl)cs2)C1=O. The third kappa shape index (κ3) is 3.19. The number of thiazole rings is 1. The molecule has 0 aliphatic carbocycles. The van der Waals surface area contributed by atoms with Crippen LogP contribution in [0.1, 0.15) is 30.5 Å². The van der Waals surface area contributed by atoms with E-state index in [0.717, 1.165) is 43.1 Å². The first-order valence-corrected chi connectivity index (χ1v) is 7.40. The molecule has 0 aromatic carbocycles. The van der Waals surface area contributed by atoms with Crippen molar-refractivity contribution in [1.82, 2.24) is 9.88 Å². The number of carbonyl (C=O) groups excluding carboxylic acids is 1. The molecule has 1 aliphatic rings. The molecule has 1 aliphatic heterocycles. The summed E-state index contributed by atoms with van der Waals surface area (Å²) in [7, 11) is 0. The van der Waals surface area contributed by atoms with Crippen molar-refractivity contribution in [3.8, 4) is 0 Å². The van der Waals surface area contributed by atoms with Crippen LogP contribution in [0.4, 0.5) is 0 Å². The van der Waals surface area contributed by atoms with Gasteiger partial charge in [0.1, 0.15) is 0 Å². The predicted molar refractivity (Wildman–Crippen MR) is 70.4 cm³/mol. The van der Waals surface area contributed by atoms with Gasteiger partial charge in [-0.25, -0.2) is 4.98 Å². The van der Waals surface area contributed by atoms with Gasteiger partial charge in [-0.05, 0) is 12.8 Å². The van der Waals surface area contributed by atoms with Gasteiger partial charge in [0.25, 0.3) is 0 Å². The summed E-state index contributed by atoms with van der Waals surface area (Å²) >= 11 is 7.34. The van der Waals surface area contributed by atoms with Gasteiger partial charge in [-0.2, -0.15) is 0 Å². The van der Waals surface area contributed by atoms with Crippen molar-refractivity contribution in [3.63, 3.8) is 0 Å². The molecule has 1 fully saturated rings. The molecule has 0 bridgehead atoms. The first kappa shape index (κ1) is 12.8. The maximum absolute atomic E-state index is 11.9. The summed E-state index contributed by atoms with van der Waals surface area (Å²) in [4.78, 5) is 18.3. The molecule has 5 heteroatoms. The molecular formula is C12H17ClN2OS. The van der Waals surface area contributed by atoms with Crippen LogP contribution in [0.2, 0.25) is 0 Å². The lowest BCUT2D eigenvalue weighted by Crippen LogP contribution is -2.41. The molecule has 1 unspecified atom stereocenters. The highest BCUT2D eigenvalue weighted by molar-refractivity contribution is 7.09. The zero-order valence-electron chi connectivity index (χ0n) is 9.99. The lowest BCUT2D eigenvalue weighted by Gasteiger charge is -2.30. The van der Waals surface area contributed by atoms with Crippen LogP contribution < -0.4 is 0 Å². The molecule has 0 saturated carbocycles. The number of amides is 1. The first-order chi connectivity index (χ1) is 8.20. The fourth-order valence-electron chi connectivity index (χ4n) is 2.11. The summed E-state index contributed by atoms with van der Waals surface area (Å²) < 4.78 is 0. The molecule has 17 heavy (non-hydrogen) atoms. The summed E-state index contributed by atoms with van der Waals surface area (Å²) in [5, 5.41) is 3.06. The number of halogens is 1. The van der Waals surface area contributed by atoms with Crippen LogP contribution in [0.15, 0.2) is 5.38 Å². The molecule has 1 saturated heterocycles. The number of piperidine rings is 1. The summed E-state index contributed by atoms with van der Waals surface area (Å²) in [6.07, 6.45) is 3.00. The van der Waals surface area contributed by atoms with E-state index >= 15 is 0 Å². The van der Waals surface area contributed by atoms with Crippen LogP contribution in [0.25, 0.3) is 0 Å². The van der Waals surface area contributed by atoms with E-state index in [4.69, 9.17) is 11.6 Å². The first-order valence-electron chi connectivity index (χ1n) is 5.98. The highest BCUT2D eigenvalue weighted by atomic mass is 35.5. The standard InChI is InChI=1S/C12H17ClN2OS/c1-9-3-2-5-15(12(9)16)6-4-11-14-10(7-13)8-17-11/h8-9H,2-7H2,1H3. The minimum absolute atomic E-state index is 0.193. The molecule has 2 rings (SSSR count). The van der Waals surface area contributed by atoms with Gasteiger partial charge in [-0.15, -0.1) is 22.9 Å². The Morgan fingerprint density at radius 1 is 1.65 bits per heavy atom. The molecule has 1 amide bonds. The Morgan fingerprint density at radius 2 is 2.47 bits per heavy atom. The molecule has 1 aromatic rings. The quantitative estimate of drug-likeness (QED) is 0.790. The van der Waals surface area contributed by atoms with E-state index in [1.807, 2.05) is 17.2 Å². The van der Waals surface area contributed by atoms with Crippen molar-refractivity contribution in [2.75, 3.05) is 13.1 Å². The number of aromatic nitrogens is 1. The minimum Gasteiger partial charge on any atom is -0.342 e. The maximum atomic E-state index is 11.9. The lowest BCUT2D eigenvalue weighted by atomic mass is 9.99. The fraction of sp³-hybridized carbons (Fsp3) is 0.667. The second-order valence-corrected chi connectivity index (χ2v) is 5.69. The van der Waals surface area contributed by atoms with Gasteiger partial charge in [0, 0.05) is 30.8 Å². The number of rotatable bonds is 4. The molecule has 0 radical (unpaired) electrons. The van der Waals surface area contributed by atoms with Crippen LogP contribution in [0.3, 0.4) is 0 Å². The van der Waals surface area contributed by atoms with Gasteiger partial charge >= 0.3 is 0 Å². The van der Waals surface area contributed by atoms with Crippen LogP contribution >= 0.6 is 22.9 Å². The van der Waals surface area contributed by atoms with Crippen molar-refractivity contribution in [3.05, 3.63) is 16.1 Å². The van der Waals surface area contributed by atoms with E-state index in [1.54, 1.807) is 11.3 Å². The number of hydrogen-bond acceptors (Lipinski definition) is 3. The lowest BCUT2D eigenvalue weighted by molar-refractivity contribution is -0.137. The Balaban J connectivity index is 1.87. The zero-order valence-corrected chi connectivity index (χ0v) is 11.6. The molecule has 2 heterocycles. The van der Waals surface area contributed by atoms with E-state index in [9.17, 15) is 4.79 Å². The van der Waals surface area contributed by atoms with Crippen molar-refractivity contribution >= 4 is 28.8 Å². The molecule has 94 valence electrons. The molecule has 1 atom stereocenters. The van der Waals surface area contributed by atoms with E-state index < -0.39 is 0 Å². The molecule has 1 aromatic heterocycles. The Bertz CT molecular complexity index is 394. The van der Waals surface area contributed by atoms with Crippen molar-refractivity contribution in [1.29, 1.82) is 0 Å². The zero-order chi connectivity index (χ0) is 12.3. The number of hydrogen-bond donors (Lipinski definition) is 0. The van der Waals surface area contributed by atoms with Crippen LogP contribution in [0.5, 0.6) is 0 Å². The number of carbonyl (C=O) groups is 1. The third-order valence-electron chi connectivity index (χ3n) is 3.13. The van der Waals surface area contributed by atoms with Crippen LogP contribution in [-0.2, 0) is 17.1 Å². The Kier molecular flexibility index (Phi) is 4.40. The molecule has 0 spiro atoms. The topological polar surface area (TPSA) is 33.2 Å². The molecule has 3 nitrogen and oxygen atoms in total. The average molecular weight is 273 g/mol. The smallest absolute Gasteiger partial charge is 0.225 e. The Hall–Kier alpha value is -0.610. The van der Waals surface area contributed by atoms with Gasteiger partial charge in [0.05, 0.1) is 16.6 Å². The van der Waals surface area contributed by atoms with Gasteiger partial charge < -0.3 is 4.90 Å². The second-order valence-electron chi connectivity index (χ2n) is 4.48. The summed E-state index contributed by atoms with van der Waals surface area (Å²) in [5.74, 6) is 0.958. The van der Waals surface area contributed by atoms with Crippen molar-refractivity contribution in [2.45, 2.75) is 32.1 Å².